The number of methoxy groups -OCH3 is 1. The number of rotatable bonds is 5. The van der Waals surface area contributed by atoms with Crippen LogP contribution in [0.2, 0.25) is 0 Å². The van der Waals surface area contributed by atoms with Crippen molar-refractivity contribution in [1.29, 1.82) is 0 Å². The Bertz CT molecular complexity index is 710. The van der Waals surface area contributed by atoms with Crippen molar-refractivity contribution in [3.05, 3.63) is 35.9 Å². The average Bonchev–Trinajstić information content (AvgIpc) is 3.21. The normalized spacial score (nSPS) is 24.8. The van der Waals surface area contributed by atoms with Crippen LogP contribution in [-0.4, -0.2) is 71.8 Å². The van der Waals surface area contributed by atoms with Gasteiger partial charge in [-0.2, -0.15) is 0 Å². The first kappa shape index (κ1) is 20.1. The van der Waals surface area contributed by atoms with Crippen LogP contribution in [0.15, 0.2) is 30.3 Å². The SMILES string of the molecule is CO[C@H]1CCN(C(=O)[C@H]2CCCN(C(=O)OCc3ccccc3)[C@H]2C(=O)O)C1. The summed E-state index contributed by atoms with van der Waals surface area (Å²) in [5.41, 5.74) is 0.815. The van der Waals surface area contributed by atoms with Gasteiger partial charge in [-0.05, 0) is 24.8 Å². The van der Waals surface area contributed by atoms with Gasteiger partial charge in [-0.25, -0.2) is 9.59 Å². The third-order valence-electron chi connectivity index (χ3n) is 5.43. The Morgan fingerprint density at radius 3 is 2.54 bits per heavy atom. The molecule has 2 aliphatic rings. The van der Waals surface area contributed by atoms with Crippen LogP contribution in [0.3, 0.4) is 0 Å². The lowest BCUT2D eigenvalue weighted by Gasteiger charge is -2.38. The number of amides is 2. The van der Waals surface area contributed by atoms with Crippen molar-refractivity contribution >= 4 is 18.0 Å². The fourth-order valence-electron chi connectivity index (χ4n) is 3.92. The molecule has 8 nitrogen and oxygen atoms in total. The summed E-state index contributed by atoms with van der Waals surface area (Å²) in [4.78, 5) is 40.3. The van der Waals surface area contributed by atoms with E-state index in [1.807, 2.05) is 30.3 Å². The molecule has 0 spiro atoms. The second-order valence-corrected chi connectivity index (χ2v) is 7.20. The van der Waals surface area contributed by atoms with Crippen molar-refractivity contribution in [3.8, 4) is 0 Å². The highest BCUT2D eigenvalue weighted by Gasteiger charge is 2.45. The summed E-state index contributed by atoms with van der Waals surface area (Å²) in [6, 6.07) is 7.96. The lowest BCUT2D eigenvalue weighted by Crippen LogP contribution is -2.56. The van der Waals surface area contributed by atoms with Gasteiger partial charge in [0, 0.05) is 26.7 Å². The van der Waals surface area contributed by atoms with Crippen LogP contribution in [0.4, 0.5) is 4.79 Å². The standard InChI is InChI=1S/C20H26N2O6/c1-27-15-9-11-21(12-15)18(23)16-8-5-10-22(17(16)19(24)25)20(26)28-13-14-6-3-2-4-7-14/h2-4,6-7,15-17H,5,8-13H2,1H3,(H,24,25)/t15-,16-,17+/m0/s1. The van der Waals surface area contributed by atoms with Crippen molar-refractivity contribution in [1.82, 2.24) is 9.80 Å². The summed E-state index contributed by atoms with van der Waals surface area (Å²) in [5.74, 6) is -2.18. The predicted octanol–water partition coefficient (Wildman–Crippen LogP) is 1.74. The monoisotopic (exact) mass is 390 g/mol. The van der Waals surface area contributed by atoms with E-state index in [1.165, 1.54) is 4.90 Å². The first-order chi connectivity index (χ1) is 13.5. The van der Waals surface area contributed by atoms with Gasteiger partial charge in [0.2, 0.25) is 5.91 Å². The molecule has 2 saturated heterocycles. The van der Waals surface area contributed by atoms with E-state index in [2.05, 4.69) is 0 Å². The number of carboxylic acids is 1. The molecule has 8 heteroatoms. The van der Waals surface area contributed by atoms with Gasteiger partial charge in [0.1, 0.15) is 12.6 Å². The number of hydrogen-bond donors (Lipinski definition) is 1. The molecule has 0 radical (unpaired) electrons. The second kappa shape index (κ2) is 9.05. The molecule has 2 amide bonds. The number of benzene rings is 1. The minimum Gasteiger partial charge on any atom is -0.480 e. The van der Waals surface area contributed by atoms with Crippen molar-refractivity contribution in [3.63, 3.8) is 0 Å². The molecular weight excluding hydrogens is 364 g/mol. The highest BCUT2D eigenvalue weighted by Crippen LogP contribution is 2.28. The summed E-state index contributed by atoms with van der Waals surface area (Å²) >= 11 is 0. The van der Waals surface area contributed by atoms with Gasteiger partial charge in [0.15, 0.2) is 0 Å². The van der Waals surface area contributed by atoms with Gasteiger partial charge in [-0.1, -0.05) is 30.3 Å². The van der Waals surface area contributed by atoms with Crippen molar-refractivity contribution in [2.45, 2.75) is 38.0 Å². The number of carbonyl (C=O) groups is 3. The van der Waals surface area contributed by atoms with E-state index in [0.29, 0.717) is 25.9 Å². The molecule has 152 valence electrons. The van der Waals surface area contributed by atoms with E-state index in [4.69, 9.17) is 9.47 Å². The lowest BCUT2D eigenvalue weighted by atomic mass is 9.88. The maximum Gasteiger partial charge on any atom is 0.410 e. The number of ether oxygens (including phenoxy) is 2. The smallest absolute Gasteiger partial charge is 0.410 e. The van der Waals surface area contributed by atoms with Gasteiger partial charge in [0.05, 0.1) is 12.0 Å². The molecule has 1 N–H and O–H groups in total. The van der Waals surface area contributed by atoms with Crippen molar-refractivity contribution in [2.75, 3.05) is 26.7 Å². The Morgan fingerprint density at radius 2 is 1.89 bits per heavy atom. The highest BCUT2D eigenvalue weighted by molar-refractivity contribution is 5.89. The maximum atomic E-state index is 13.0. The molecule has 1 aromatic carbocycles. The Labute approximate surface area is 164 Å². The molecule has 0 saturated carbocycles. The van der Waals surface area contributed by atoms with Gasteiger partial charge >= 0.3 is 12.1 Å². The first-order valence-electron chi connectivity index (χ1n) is 9.53. The van der Waals surface area contributed by atoms with Gasteiger partial charge in [0.25, 0.3) is 0 Å². The molecule has 0 aliphatic carbocycles. The molecular formula is C20H26N2O6. The number of likely N-dealkylation sites (tertiary alicyclic amines) is 2. The zero-order valence-corrected chi connectivity index (χ0v) is 16.0. The lowest BCUT2D eigenvalue weighted by molar-refractivity contribution is -0.153. The second-order valence-electron chi connectivity index (χ2n) is 7.20. The van der Waals surface area contributed by atoms with Crippen molar-refractivity contribution in [2.24, 2.45) is 5.92 Å². The molecule has 3 atom stereocenters. The fourth-order valence-corrected chi connectivity index (χ4v) is 3.92. The molecule has 1 aromatic rings. The van der Waals surface area contributed by atoms with E-state index in [1.54, 1.807) is 12.0 Å². The zero-order chi connectivity index (χ0) is 20.1. The highest BCUT2D eigenvalue weighted by atomic mass is 16.6. The number of carboxylic acid groups (broad SMARTS) is 1. The Kier molecular flexibility index (Phi) is 6.51. The fraction of sp³-hybridized carbons (Fsp3) is 0.550. The van der Waals surface area contributed by atoms with Crippen LogP contribution in [-0.2, 0) is 25.7 Å². The minimum absolute atomic E-state index is 0.0252. The van der Waals surface area contributed by atoms with Gasteiger partial charge in [-0.3, -0.25) is 9.69 Å². The maximum absolute atomic E-state index is 13.0. The van der Waals surface area contributed by atoms with Crippen molar-refractivity contribution < 1.29 is 29.0 Å². The molecule has 2 heterocycles. The van der Waals surface area contributed by atoms with E-state index < -0.39 is 24.0 Å². The number of carbonyl (C=O) groups excluding carboxylic acids is 2. The van der Waals surface area contributed by atoms with Crippen LogP contribution < -0.4 is 0 Å². The minimum atomic E-state index is -1.22. The zero-order valence-electron chi connectivity index (χ0n) is 16.0. The van der Waals surface area contributed by atoms with Crippen LogP contribution in [0, 0.1) is 5.92 Å². The Balaban J connectivity index is 1.68. The Morgan fingerprint density at radius 1 is 1.14 bits per heavy atom. The molecule has 0 unspecified atom stereocenters. The van der Waals surface area contributed by atoms with Gasteiger partial charge < -0.3 is 19.5 Å². The summed E-state index contributed by atoms with van der Waals surface area (Å²) < 4.78 is 10.6. The summed E-state index contributed by atoms with van der Waals surface area (Å²) in [7, 11) is 1.60. The largest absolute Gasteiger partial charge is 0.480 e. The number of nitrogens with zero attached hydrogens (tertiary/aromatic N) is 2. The third kappa shape index (κ3) is 4.44. The van der Waals surface area contributed by atoms with E-state index in [-0.39, 0.29) is 25.2 Å². The first-order valence-corrected chi connectivity index (χ1v) is 9.53. The summed E-state index contributed by atoms with van der Waals surface area (Å²) in [6.07, 6.45) is 0.997. The number of piperidine rings is 1. The molecule has 28 heavy (non-hydrogen) atoms. The van der Waals surface area contributed by atoms with E-state index in [9.17, 15) is 19.5 Å². The number of hydrogen-bond acceptors (Lipinski definition) is 5. The molecule has 0 bridgehead atoms. The quantitative estimate of drug-likeness (QED) is 0.823. The van der Waals surface area contributed by atoms with Crippen LogP contribution in [0.5, 0.6) is 0 Å². The predicted molar refractivity (Wildman–Crippen MR) is 99.5 cm³/mol. The molecule has 2 aliphatic heterocycles. The van der Waals surface area contributed by atoms with Crippen LogP contribution in [0.25, 0.3) is 0 Å². The molecule has 0 aromatic heterocycles. The van der Waals surface area contributed by atoms with Gasteiger partial charge in [-0.15, -0.1) is 0 Å². The molecule has 3 rings (SSSR count). The summed E-state index contributed by atoms with van der Waals surface area (Å²) in [6.45, 7) is 1.31. The Hall–Kier alpha value is -2.61. The number of aliphatic carboxylic acids is 1. The average molecular weight is 390 g/mol. The third-order valence-corrected chi connectivity index (χ3v) is 5.43. The van der Waals surface area contributed by atoms with Crippen LogP contribution >= 0.6 is 0 Å². The summed E-state index contributed by atoms with van der Waals surface area (Å²) in [5, 5.41) is 9.76. The van der Waals surface area contributed by atoms with E-state index >= 15 is 0 Å². The van der Waals surface area contributed by atoms with Crippen LogP contribution in [0.1, 0.15) is 24.8 Å². The molecule has 2 fully saturated rings. The topological polar surface area (TPSA) is 96.4 Å². The van der Waals surface area contributed by atoms with E-state index in [0.717, 1.165) is 12.0 Å².